The zero-order valence-corrected chi connectivity index (χ0v) is 25.2. The van der Waals surface area contributed by atoms with Crippen molar-refractivity contribution >= 4 is 35.6 Å². The Labute approximate surface area is 251 Å². The summed E-state index contributed by atoms with van der Waals surface area (Å²) in [4.78, 5) is 77.5. The van der Waals surface area contributed by atoms with E-state index in [0.717, 1.165) is 0 Å². The van der Waals surface area contributed by atoms with Crippen LogP contribution in [-0.4, -0.2) is 87.4 Å². The minimum Gasteiger partial charge on any atom is -0.481 e. The van der Waals surface area contributed by atoms with E-state index in [1.54, 1.807) is 44.2 Å². The van der Waals surface area contributed by atoms with Gasteiger partial charge in [0, 0.05) is 13.0 Å². The van der Waals surface area contributed by atoms with Crippen LogP contribution in [0.5, 0.6) is 0 Å². The lowest BCUT2D eigenvalue weighted by Gasteiger charge is -2.29. The van der Waals surface area contributed by atoms with E-state index in [0.29, 0.717) is 31.4 Å². The first-order chi connectivity index (χ1) is 20.2. The maximum Gasteiger partial charge on any atom is 0.326 e. The Bertz CT molecular complexity index is 1140. The van der Waals surface area contributed by atoms with Crippen molar-refractivity contribution in [2.24, 2.45) is 17.6 Å². The number of aliphatic carboxylic acids is 2. The number of carboxylic acids is 2. The third-order valence-corrected chi connectivity index (χ3v) is 7.13. The zero-order chi connectivity index (χ0) is 32.3. The van der Waals surface area contributed by atoms with Crippen LogP contribution < -0.4 is 21.7 Å². The molecule has 7 N–H and O–H groups in total. The molecule has 238 valence electrons. The van der Waals surface area contributed by atoms with E-state index < -0.39 is 66.3 Å². The van der Waals surface area contributed by atoms with Gasteiger partial charge in [0.1, 0.15) is 24.2 Å². The van der Waals surface area contributed by atoms with Crippen molar-refractivity contribution in [2.75, 3.05) is 6.54 Å². The Morgan fingerprint density at radius 1 is 0.860 bits per heavy atom. The molecule has 0 spiro atoms. The molecule has 43 heavy (non-hydrogen) atoms. The van der Waals surface area contributed by atoms with Crippen LogP contribution in [0, 0.1) is 11.8 Å². The number of benzene rings is 1. The minimum absolute atomic E-state index is 0.0133. The predicted octanol–water partition coefficient (Wildman–Crippen LogP) is 0.653. The van der Waals surface area contributed by atoms with Crippen molar-refractivity contribution in [3.05, 3.63) is 35.9 Å². The fourth-order valence-corrected chi connectivity index (χ4v) is 5.07. The summed E-state index contributed by atoms with van der Waals surface area (Å²) in [6, 6.07) is 3.00. The summed E-state index contributed by atoms with van der Waals surface area (Å²) in [6.07, 6.45) is 0.664. The number of amides is 4. The summed E-state index contributed by atoms with van der Waals surface area (Å²) in [5, 5.41) is 26.6. The first-order valence-electron chi connectivity index (χ1n) is 14.6. The van der Waals surface area contributed by atoms with Crippen LogP contribution in [0.25, 0.3) is 0 Å². The summed E-state index contributed by atoms with van der Waals surface area (Å²) >= 11 is 0. The standard InChI is InChI=1S/C30H45N5O8/c1-17(2)13-20(31)29(41)35-12-8-11-24(35)28(40)33-22(16-25(36)37)27(39)32-21(14-18(3)4)26(38)34-23(30(42)43)15-19-9-6-5-7-10-19/h5-7,9-10,17-18,20-24H,8,11-16,31H2,1-4H3,(H,32,39)(H,33,40)(H,34,38)(H,36,37)(H,42,43)/t20-,21-,22-,23-,24-/m0/s1. The van der Waals surface area contributed by atoms with Crippen LogP contribution in [0.3, 0.4) is 0 Å². The molecular formula is C30H45N5O8. The van der Waals surface area contributed by atoms with Crippen LogP contribution in [0.1, 0.15) is 65.4 Å². The monoisotopic (exact) mass is 603 g/mol. The quantitative estimate of drug-likeness (QED) is 0.157. The molecule has 13 heteroatoms. The molecule has 1 aromatic rings. The van der Waals surface area contributed by atoms with Gasteiger partial charge in [0.2, 0.25) is 23.6 Å². The highest BCUT2D eigenvalue weighted by atomic mass is 16.4. The first kappa shape index (κ1) is 35.2. The van der Waals surface area contributed by atoms with E-state index in [1.807, 2.05) is 13.8 Å². The van der Waals surface area contributed by atoms with E-state index >= 15 is 0 Å². The Kier molecular flexibility index (Phi) is 13.6. The van der Waals surface area contributed by atoms with Crippen molar-refractivity contribution < 1.29 is 39.0 Å². The molecule has 5 atom stereocenters. The van der Waals surface area contributed by atoms with Crippen LogP contribution in [0.2, 0.25) is 0 Å². The average Bonchev–Trinajstić information content (AvgIpc) is 3.41. The van der Waals surface area contributed by atoms with Crippen LogP contribution in [0.4, 0.5) is 0 Å². The van der Waals surface area contributed by atoms with Crippen molar-refractivity contribution in [3.8, 4) is 0 Å². The molecule has 0 unspecified atom stereocenters. The van der Waals surface area contributed by atoms with Crippen LogP contribution in [0.15, 0.2) is 30.3 Å². The van der Waals surface area contributed by atoms with Crippen molar-refractivity contribution in [2.45, 2.75) is 96.4 Å². The number of carbonyl (C=O) groups is 6. The Morgan fingerprint density at radius 3 is 2.00 bits per heavy atom. The molecule has 2 rings (SSSR count). The Balaban J connectivity index is 2.17. The largest absolute Gasteiger partial charge is 0.481 e. The fourth-order valence-electron chi connectivity index (χ4n) is 5.07. The lowest BCUT2D eigenvalue weighted by atomic mass is 10.0. The maximum atomic E-state index is 13.3. The summed E-state index contributed by atoms with van der Waals surface area (Å²) < 4.78 is 0. The van der Waals surface area contributed by atoms with Gasteiger partial charge in [-0.1, -0.05) is 58.0 Å². The second-order valence-corrected chi connectivity index (χ2v) is 11.9. The molecule has 1 aliphatic heterocycles. The minimum atomic E-state index is -1.55. The summed E-state index contributed by atoms with van der Waals surface area (Å²) in [6.45, 7) is 7.76. The number of hydrogen-bond donors (Lipinski definition) is 6. The first-order valence-corrected chi connectivity index (χ1v) is 14.6. The van der Waals surface area contributed by atoms with E-state index in [-0.39, 0.29) is 30.6 Å². The van der Waals surface area contributed by atoms with E-state index in [9.17, 15) is 39.0 Å². The molecule has 0 radical (unpaired) electrons. The number of carbonyl (C=O) groups excluding carboxylic acids is 4. The normalized spacial score (nSPS) is 17.6. The van der Waals surface area contributed by atoms with E-state index in [4.69, 9.17) is 5.73 Å². The Hall–Kier alpha value is -4.00. The molecular weight excluding hydrogens is 558 g/mol. The van der Waals surface area contributed by atoms with Gasteiger partial charge in [-0.05, 0) is 43.1 Å². The molecule has 0 aromatic heterocycles. The molecule has 1 saturated heterocycles. The molecule has 4 amide bonds. The number of carboxylic acid groups (broad SMARTS) is 2. The van der Waals surface area contributed by atoms with Crippen LogP contribution >= 0.6 is 0 Å². The number of nitrogens with zero attached hydrogens (tertiary/aromatic N) is 1. The highest BCUT2D eigenvalue weighted by Crippen LogP contribution is 2.20. The average molecular weight is 604 g/mol. The number of likely N-dealkylation sites (tertiary alicyclic amines) is 1. The van der Waals surface area contributed by atoms with Crippen molar-refractivity contribution in [1.82, 2.24) is 20.9 Å². The molecule has 1 aliphatic rings. The van der Waals surface area contributed by atoms with E-state index in [2.05, 4.69) is 16.0 Å². The van der Waals surface area contributed by atoms with Crippen molar-refractivity contribution in [1.29, 1.82) is 0 Å². The summed E-state index contributed by atoms with van der Waals surface area (Å²) in [5.41, 5.74) is 6.74. The van der Waals surface area contributed by atoms with Gasteiger partial charge >= 0.3 is 11.9 Å². The third-order valence-electron chi connectivity index (χ3n) is 7.13. The maximum absolute atomic E-state index is 13.3. The summed E-state index contributed by atoms with van der Waals surface area (Å²) in [5.74, 6) is -5.31. The van der Waals surface area contributed by atoms with Gasteiger partial charge < -0.3 is 36.8 Å². The van der Waals surface area contributed by atoms with Gasteiger partial charge in [-0.3, -0.25) is 24.0 Å². The Morgan fingerprint density at radius 2 is 1.44 bits per heavy atom. The second kappa shape index (κ2) is 16.6. The number of nitrogens with one attached hydrogen (secondary N) is 3. The van der Waals surface area contributed by atoms with E-state index in [1.165, 1.54) is 4.90 Å². The molecule has 1 heterocycles. The highest BCUT2D eigenvalue weighted by Gasteiger charge is 2.38. The smallest absolute Gasteiger partial charge is 0.326 e. The van der Waals surface area contributed by atoms with Gasteiger partial charge in [-0.2, -0.15) is 0 Å². The number of rotatable bonds is 16. The predicted molar refractivity (Wildman–Crippen MR) is 157 cm³/mol. The zero-order valence-electron chi connectivity index (χ0n) is 25.2. The SMILES string of the molecule is CC(C)C[C@H](NC(=O)[C@H](CC(=O)O)NC(=O)[C@@H]1CCCN1C(=O)[C@@H](N)CC(C)C)C(=O)N[C@@H](Cc1ccccc1)C(=O)O. The fraction of sp³-hybridized carbons (Fsp3) is 0.600. The lowest BCUT2D eigenvalue weighted by molar-refractivity contribution is -0.144. The topological polar surface area (TPSA) is 208 Å². The van der Waals surface area contributed by atoms with Gasteiger partial charge in [-0.15, -0.1) is 0 Å². The van der Waals surface area contributed by atoms with Crippen molar-refractivity contribution in [3.63, 3.8) is 0 Å². The number of nitrogens with two attached hydrogens (primary N) is 1. The molecule has 0 saturated carbocycles. The van der Waals surface area contributed by atoms with Gasteiger partial charge in [0.25, 0.3) is 0 Å². The molecule has 1 aromatic carbocycles. The second-order valence-electron chi connectivity index (χ2n) is 11.9. The third kappa shape index (κ3) is 11.3. The molecule has 0 aliphatic carbocycles. The van der Waals surface area contributed by atoms with Gasteiger partial charge in [0.15, 0.2) is 0 Å². The van der Waals surface area contributed by atoms with Gasteiger partial charge in [0.05, 0.1) is 12.5 Å². The molecule has 13 nitrogen and oxygen atoms in total. The summed E-state index contributed by atoms with van der Waals surface area (Å²) in [7, 11) is 0. The van der Waals surface area contributed by atoms with Gasteiger partial charge in [-0.25, -0.2) is 4.79 Å². The molecule has 1 fully saturated rings. The highest BCUT2D eigenvalue weighted by molar-refractivity contribution is 5.97. The lowest BCUT2D eigenvalue weighted by Crippen LogP contribution is -2.58. The van der Waals surface area contributed by atoms with Crippen LogP contribution in [-0.2, 0) is 35.2 Å². The molecule has 0 bridgehead atoms. The number of hydrogen-bond acceptors (Lipinski definition) is 7.